The van der Waals surface area contributed by atoms with Crippen molar-refractivity contribution in [2.45, 2.75) is 32.9 Å². The number of aromatic nitrogens is 1. The molecule has 2 rings (SSSR count). The van der Waals surface area contributed by atoms with Crippen LogP contribution in [0.5, 0.6) is 0 Å². The Bertz CT molecular complexity index is 810. The second-order valence-corrected chi connectivity index (χ2v) is 7.22. The van der Waals surface area contributed by atoms with E-state index < -0.39 is 0 Å². The van der Waals surface area contributed by atoms with Gasteiger partial charge in [0.2, 0.25) is 11.8 Å². The zero-order chi connectivity index (χ0) is 20.7. The van der Waals surface area contributed by atoms with E-state index in [9.17, 15) is 9.59 Å². The molecule has 1 unspecified atom stereocenters. The minimum absolute atomic E-state index is 0.00242. The zero-order valence-corrected chi connectivity index (χ0v) is 17.5. The summed E-state index contributed by atoms with van der Waals surface area (Å²) in [7, 11) is 3.50. The summed E-state index contributed by atoms with van der Waals surface area (Å²) in [6.07, 6.45) is 2.52. The van der Waals surface area contributed by atoms with Gasteiger partial charge in [-0.1, -0.05) is 42.8 Å². The van der Waals surface area contributed by atoms with Gasteiger partial charge in [0, 0.05) is 25.5 Å². The van der Waals surface area contributed by atoms with Gasteiger partial charge in [-0.2, -0.15) is 0 Å². The van der Waals surface area contributed by atoms with Crippen molar-refractivity contribution in [3.8, 4) is 0 Å². The Kier molecular flexibility index (Phi) is 7.96. The molecule has 2 aromatic rings. The molecule has 0 aliphatic rings. The summed E-state index contributed by atoms with van der Waals surface area (Å²) in [6.45, 7) is 4.42. The van der Waals surface area contributed by atoms with Gasteiger partial charge in [-0.15, -0.1) is 0 Å². The highest BCUT2D eigenvalue weighted by molar-refractivity contribution is 6.29. The Balaban J connectivity index is 1.91. The molecule has 1 aromatic carbocycles. The highest BCUT2D eigenvalue weighted by Crippen LogP contribution is 2.15. The maximum atomic E-state index is 12.7. The number of nitrogens with one attached hydrogen (secondary N) is 1. The van der Waals surface area contributed by atoms with Gasteiger partial charge in [-0.3, -0.25) is 14.5 Å². The number of nitrogens with zero attached hydrogens (tertiary/aromatic N) is 3. The third-order valence-corrected chi connectivity index (χ3v) is 4.89. The molecular weight excluding hydrogens is 376 g/mol. The number of para-hydroxylation sites is 1. The van der Waals surface area contributed by atoms with E-state index in [2.05, 4.69) is 10.3 Å². The third-order valence-electron chi connectivity index (χ3n) is 4.67. The molecule has 2 amide bonds. The lowest BCUT2D eigenvalue weighted by atomic mass is 10.1. The number of hydrogen-bond donors (Lipinski definition) is 1. The lowest BCUT2D eigenvalue weighted by Gasteiger charge is -2.28. The Morgan fingerprint density at radius 3 is 2.54 bits per heavy atom. The van der Waals surface area contributed by atoms with Gasteiger partial charge in [-0.25, -0.2) is 4.98 Å². The van der Waals surface area contributed by atoms with E-state index in [0.29, 0.717) is 11.7 Å². The van der Waals surface area contributed by atoms with Gasteiger partial charge in [0.15, 0.2) is 0 Å². The third kappa shape index (κ3) is 6.04. The number of carbonyl (C=O) groups excluding carboxylic acids is 2. The van der Waals surface area contributed by atoms with Crippen molar-refractivity contribution in [1.82, 2.24) is 14.8 Å². The average molecular weight is 403 g/mol. The van der Waals surface area contributed by atoms with Crippen molar-refractivity contribution in [2.75, 3.05) is 26.0 Å². The van der Waals surface area contributed by atoms with E-state index in [1.54, 1.807) is 19.3 Å². The van der Waals surface area contributed by atoms with Crippen LogP contribution in [0.1, 0.15) is 25.0 Å². The fourth-order valence-corrected chi connectivity index (χ4v) is 2.98. The lowest BCUT2D eigenvalue weighted by Crippen LogP contribution is -2.46. The van der Waals surface area contributed by atoms with Crippen LogP contribution in [0.2, 0.25) is 5.15 Å². The van der Waals surface area contributed by atoms with Crippen molar-refractivity contribution < 1.29 is 9.59 Å². The molecule has 1 heterocycles. The quantitative estimate of drug-likeness (QED) is 0.688. The molecule has 0 aliphatic carbocycles. The molecule has 150 valence electrons. The highest BCUT2D eigenvalue weighted by atomic mass is 35.5. The molecule has 1 aromatic heterocycles. The van der Waals surface area contributed by atoms with Crippen molar-refractivity contribution in [2.24, 2.45) is 0 Å². The van der Waals surface area contributed by atoms with Gasteiger partial charge in [0.25, 0.3) is 0 Å². The molecule has 6 nitrogen and oxygen atoms in total. The van der Waals surface area contributed by atoms with E-state index >= 15 is 0 Å². The van der Waals surface area contributed by atoms with E-state index in [0.717, 1.165) is 23.2 Å². The van der Waals surface area contributed by atoms with Crippen molar-refractivity contribution in [3.05, 3.63) is 58.9 Å². The van der Waals surface area contributed by atoms with E-state index in [1.807, 2.05) is 56.1 Å². The standard InChI is InChI=1S/C21H27ClN4O2/c1-5-17-8-6-7-9-18(17)24-20(27)14-26(4)21(28)15(2)25(3)13-16-10-11-19(22)23-12-16/h6-12,15H,5,13-14H2,1-4H3,(H,24,27). The van der Waals surface area contributed by atoms with Crippen molar-refractivity contribution >= 4 is 29.1 Å². The molecule has 0 saturated heterocycles. The summed E-state index contributed by atoms with van der Waals surface area (Å²) in [5, 5.41) is 3.33. The number of rotatable bonds is 8. The molecule has 1 N–H and O–H groups in total. The van der Waals surface area contributed by atoms with Gasteiger partial charge >= 0.3 is 0 Å². The van der Waals surface area contributed by atoms with Crippen LogP contribution < -0.4 is 5.32 Å². The molecule has 28 heavy (non-hydrogen) atoms. The van der Waals surface area contributed by atoms with Crippen LogP contribution in [0.3, 0.4) is 0 Å². The van der Waals surface area contributed by atoms with E-state index in [4.69, 9.17) is 11.6 Å². The molecule has 0 aliphatic heterocycles. The maximum Gasteiger partial charge on any atom is 0.243 e. The second kappa shape index (κ2) is 10.2. The minimum Gasteiger partial charge on any atom is -0.335 e. The summed E-state index contributed by atoms with van der Waals surface area (Å²) >= 11 is 5.80. The molecule has 0 saturated carbocycles. The summed E-state index contributed by atoms with van der Waals surface area (Å²) in [5.74, 6) is -0.336. The molecule has 0 fully saturated rings. The number of carbonyl (C=O) groups is 2. The number of aryl methyl sites for hydroxylation is 1. The molecule has 0 spiro atoms. The summed E-state index contributed by atoms with van der Waals surface area (Å²) in [4.78, 5) is 32.5. The van der Waals surface area contributed by atoms with E-state index in [-0.39, 0.29) is 24.4 Å². The predicted octanol–water partition coefficient (Wildman–Crippen LogP) is 3.21. The first-order valence-corrected chi connectivity index (χ1v) is 9.63. The normalized spacial score (nSPS) is 11.9. The first kappa shape index (κ1) is 21.9. The fraction of sp³-hybridized carbons (Fsp3) is 0.381. The second-order valence-electron chi connectivity index (χ2n) is 6.83. The SMILES string of the molecule is CCc1ccccc1NC(=O)CN(C)C(=O)C(C)N(C)Cc1ccc(Cl)nc1. The van der Waals surface area contributed by atoms with Gasteiger partial charge in [-0.05, 0) is 43.7 Å². The Hall–Kier alpha value is -2.44. The van der Waals surface area contributed by atoms with Crippen LogP contribution in [-0.4, -0.2) is 53.3 Å². The Labute approximate surface area is 171 Å². The van der Waals surface area contributed by atoms with Gasteiger partial charge in [0.1, 0.15) is 5.15 Å². The monoisotopic (exact) mass is 402 g/mol. The van der Waals surface area contributed by atoms with Gasteiger partial charge < -0.3 is 10.2 Å². The largest absolute Gasteiger partial charge is 0.335 e. The molecule has 7 heteroatoms. The predicted molar refractivity (Wildman–Crippen MR) is 112 cm³/mol. The van der Waals surface area contributed by atoms with Crippen molar-refractivity contribution in [1.29, 1.82) is 0 Å². The molecule has 1 atom stereocenters. The van der Waals surface area contributed by atoms with Crippen LogP contribution in [0.4, 0.5) is 5.69 Å². The van der Waals surface area contributed by atoms with Crippen LogP contribution in [-0.2, 0) is 22.6 Å². The zero-order valence-electron chi connectivity index (χ0n) is 16.8. The Morgan fingerprint density at radius 1 is 1.18 bits per heavy atom. The number of benzene rings is 1. The molecular formula is C21H27ClN4O2. The van der Waals surface area contributed by atoms with Crippen molar-refractivity contribution in [3.63, 3.8) is 0 Å². The number of likely N-dealkylation sites (N-methyl/N-ethyl adjacent to an activating group) is 2. The first-order valence-electron chi connectivity index (χ1n) is 9.25. The lowest BCUT2D eigenvalue weighted by molar-refractivity contribution is -0.137. The smallest absolute Gasteiger partial charge is 0.243 e. The highest BCUT2D eigenvalue weighted by Gasteiger charge is 2.23. The maximum absolute atomic E-state index is 12.7. The summed E-state index contributed by atoms with van der Waals surface area (Å²) in [5.41, 5.74) is 2.81. The average Bonchev–Trinajstić information content (AvgIpc) is 2.68. The van der Waals surface area contributed by atoms with Crippen LogP contribution in [0.25, 0.3) is 0 Å². The molecule has 0 bridgehead atoms. The van der Waals surface area contributed by atoms with Crippen LogP contribution >= 0.6 is 11.6 Å². The minimum atomic E-state index is -0.378. The number of anilines is 1. The number of halogens is 1. The van der Waals surface area contributed by atoms with E-state index in [1.165, 1.54) is 4.90 Å². The van der Waals surface area contributed by atoms with Crippen LogP contribution in [0.15, 0.2) is 42.6 Å². The Morgan fingerprint density at radius 2 is 1.89 bits per heavy atom. The number of amides is 2. The van der Waals surface area contributed by atoms with Crippen LogP contribution in [0, 0.1) is 0 Å². The number of hydrogen-bond acceptors (Lipinski definition) is 4. The topological polar surface area (TPSA) is 65.5 Å². The molecule has 0 radical (unpaired) electrons. The summed E-state index contributed by atoms with van der Waals surface area (Å²) < 4.78 is 0. The fourth-order valence-electron chi connectivity index (χ4n) is 2.87. The first-order chi connectivity index (χ1) is 13.3. The summed E-state index contributed by atoms with van der Waals surface area (Å²) in [6, 6.07) is 10.9. The van der Waals surface area contributed by atoms with Gasteiger partial charge in [0.05, 0.1) is 12.6 Å². The number of pyridine rings is 1.